The van der Waals surface area contributed by atoms with Gasteiger partial charge in [0, 0.05) is 11.7 Å². The molecule has 1 unspecified atom stereocenters. The van der Waals surface area contributed by atoms with Crippen molar-refractivity contribution in [1.29, 1.82) is 0 Å². The second-order valence-electron chi connectivity index (χ2n) is 4.97. The SMILES string of the molecule is CC(C)CC(C)NS(=O)(=O)c1c(Cl)cc(N)cc1Cl. The van der Waals surface area contributed by atoms with Crippen molar-refractivity contribution in [1.82, 2.24) is 4.72 Å². The number of sulfonamides is 1. The lowest BCUT2D eigenvalue weighted by Gasteiger charge is -2.17. The lowest BCUT2D eigenvalue weighted by molar-refractivity contribution is 0.482. The quantitative estimate of drug-likeness (QED) is 0.816. The summed E-state index contributed by atoms with van der Waals surface area (Å²) in [4.78, 5) is -0.124. The van der Waals surface area contributed by atoms with E-state index in [1.165, 1.54) is 12.1 Å². The van der Waals surface area contributed by atoms with E-state index in [2.05, 4.69) is 4.72 Å². The standard InChI is InChI=1S/C12H18Cl2N2O2S/c1-7(2)4-8(3)16-19(17,18)12-10(13)5-9(15)6-11(12)14/h5-8,16H,4,15H2,1-3H3. The Morgan fingerprint density at radius 2 is 1.68 bits per heavy atom. The molecule has 0 fully saturated rings. The van der Waals surface area contributed by atoms with Crippen LogP contribution in [0, 0.1) is 5.92 Å². The van der Waals surface area contributed by atoms with Crippen molar-refractivity contribution >= 4 is 38.9 Å². The van der Waals surface area contributed by atoms with Crippen LogP contribution in [0.2, 0.25) is 10.0 Å². The molecule has 0 aromatic heterocycles. The third-order valence-corrected chi connectivity index (χ3v) is 4.98. The Morgan fingerprint density at radius 3 is 2.11 bits per heavy atom. The lowest BCUT2D eigenvalue weighted by Crippen LogP contribution is -2.33. The minimum atomic E-state index is -3.75. The van der Waals surface area contributed by atoms with Crippen LogP contribution >= 0.6 is 23.2 Å². The molecule has 19 heavy (non-hydrogen) atoms. The van der Waals surface area contributed by atoms with Gasteiger partial charge in [0.25, 0.3) is 0 Å². The maximum Gasteiger partial charge on any atom is 0.243 e. The van der Waals surface area contributed by atoms with Crippen LogP contribution < -0.4 is 10.5 Å². The monoisotopic (exact) mass is 324 g/mol. The molecule has 1 rings (SSSR count). The molecule has 0 aliphatic carbocycles. The fourth-order valence-corrected chi connectivity index (χ4v) is 4.40. The highest BCUT2D eigenvalue weighted by molar-refractivity contribution is 7.89. The first kappa shape index (κ1) is 16.6. The maximum absolute atomic E-state index is 12.3. The van der Waals surface area contributed by atoms with Crippen molar-refractivity contribution in [2.75, 3.05) is 5.73 Å². The minimum Gasteiger partial charge on any atom is -0.399 e. The van der Waals surface area contributed by atoms with Crippen LogP contribution in [0.25, 0.3) is 0 Å². The van der Waals surface area contributed by atoms with Crippen molar-refractivity contribution in [2.24, 2.45) is 5.92 Å². The number of nitrogens with one attached hydrogen (secondary N) is 1. The number of halogens is 2. The first-order valence-corrected chi connectivity index (χ1v) is 8.14. The van der Waals surface area contributed by atoms with E-state index in [0.717, 1.165) is 6.42 Å². The van der Waals surface area contributed by atoms with E-state index < -0.39 is 10.0 Å². The fraction of sp³-hybridized carbons (Fsp3) is 0.500. The third kappa shape index (κ3) is 4.53. The highest BCUT2D eigenvalue weighted by Gasteiger charge is 2.24. The zero-order valence-corrected chi connectivity index (χ0v) is 13.4. The number of nitrogen functional groups attached to an aromatic ring is 1. The van der Waals surface area contributed by atoms with Gasteiger partial charge in [-0.15, -0.1) is 0 Å². The zero-order chi connectivity index (χ0) is 14.8. The molecule has 3 N–H and O–H groups in total. The van der Waals surface area contributed by atoms with E-state index in [-0.39, 0.29) is 21.0 Å². The molecule has 0 amide bonds. The van der Waals surface area contributed by atoms with E-state index in [4.69, 9.17) is 28.9 Å². The van der Waals surface area contributed by atoms with Crippen LogP contribution in [-0.4, -0.2) is 14.5 Å². The van der Waals surface area contributed by atoms with E-state index in [1.807, 2.05) is 13.8 Å². The number of rotatable bonds is 5. The minimum absolute atomic E-state index is 0.0225. The summed E-state index contributed by atoms with van der Waals surface area (Å²) in [6, 6.07) is 2.54. The second kappa shape index (κ2) is 6.31. The van der Waals surface area contributed by atoms with Crippen LogP contribution in [0.1, 0.15) is 27.2 Å². The summed E-state index contributed by atoms with van der Waals surface area (Å²) < 4.78 is 27.1. The molecular weight excluding hydrogens is 307 g/mol. The van der Waals surface area contributed by atoms with Gasteiger partial charge in [0.1, 0.15) is 4.90 Å². The molecule has 1 atom stereocenters. The molecule has 108 valence electrons. The van der Waals surface area contributed by atoms with Gasteiger partial charge in [0.05, 0.1) is 10.0 Å². The number of nitrogens with two attached hydrogens (primary N) is 1. The lowest BCUT2D eigenvalue weighted by atomic mass is 10.1. The summed E-state index contributed by atoms with van der Waals surface area (Å²) in [7, 11) is -3.75. The highest BCUT2D eigenvalue weighted by atomic mass is 35.5. The molecule has 1 aromatic rings. The number of hydrogen-bond acceptors (Lipinski definition) is 3. The van der Waals surface area contributed by atoms with Gasteiger partial charge >= 0.3 is 0 Å². The Morgan fingerprint density at radius 1 is 1.21 bits per heavy atom. The Balaban J connectivity index is 3.08. The van der Waals surface area contributed by atoms with Gasteiger partial charge in [-0.1, -0.05) is 37.0 Å². The van der Waals surface area contributed by atoms with Crippen molar-refractivity contribution < 1.29 is 8.42 Å². The normalized spacial score (nSPS) is 13.8. The average Bonchev–Trinajstić information content (AvgIpc) is 2.10. The molecular formula is C12H18Cl2N2O2S. The maximum atomic E-state index is 12.3. The molecule has 1 aromatic carbocycles. The van der Waals surface area contributed by atoms with Crippen molar-refractivity contribution in [3.8, 4) is 0 Å². The molecule has 0 saturated heterocycles. The molecule has 0 radical (unpaired) electrons. The summed E-state index contributed by atoms with van der Waals surface area (Å²) in [5, 5.41) is 0.0449. The molecule has 0 spiro atoms. The summed E-state index contributed by atoms with van der Waals surface area (Å²) in [6.07, 6.45) is 0.726. The zero-order valence-electron chi connectivity index (χ0n) is 11.1. The van der Waals surface area contributed by atoms with Crippen molar-refractivity contribution in [3.63, 3.8) is 0 Å². The fourth-order valence-electron chi connectivity index (χ4n) is 1.92. The first-order valence-electron chi connectivity index (χ1n) is 5.90. The van der Waals surface area contributed by atoms with Gasteiger partial charge in [-0.25, -0.2) is 13.1 Å². The van der Waals surface area contributed by atoms with Crippen LogP contribution in [0.15, 0.2) is 17.0 Å². The second-order valence-corrected chi connectivity index (χ2v) is 7.43. The molecule has 0 aliphatic heterocycles. The smallest absolute Gasteiger partial charge is 0.243 e. The average molecular weight is 325 g/mol. The molecule has 0 saturated carbocycles. The Kier molecular flexibility index (Phi) is 5.50. The third-order valence-electron chi connectivity index (χ3n) is 2.47. The van der Waals surface area contributed by atoms with Crippen LogP contribution in [0.4, 0.5) is 5.69 Å². The van der Waals surface area contributed by atoms with Gasteiger partial charge in [0.2, 0.25) is 10.0 Å². The van der Waals surface area contributed by atoms with Crippen LogP contribution in [0.5, 0.6) is 0 Å². The molecule has 4 nitrogen and oxygen atoms in total. The van der Waals surface area contributed by atoms with E-state index in [0.29, 0.717) is 11.6 Å². The van der Waals surface area contributed by atoms with E-state index in [9.17, 15) is 8.42 Å². The Hall–Kier alpha value is -0.490. The summed E-state index contributed by atoms with van der Waals surface area (Å²) in [6.45, 7) is 5.85. The van der Waals surface area contributed by atoms with Gasteiger partial charge in [-0.2, -0.15) is 0 Å². The van der Waals surface area contributed by atoms with Gasteiger partial charge in [-0.05, 0) is 31.4 Å². The molecule has 0 bridgehead atoms. The summed E-state index contributed by atoms with van der Waals surface area (Å²) in [5.41, 5.74) is 5.88. The van der Waals surface area contributed by atoms with Gasteiger partial charge < -0.3 is 5.73 Å². The topological polar surface area (TPSA) is 72.2 Å². The van der Waals surface area contributed by atoms with Crippen molar-refractivity contribution in [2.45, 2.75) is 38.1 Å². The Bertz CT molecular complexity index is 536. The van der Waals surface area contributed by atoms with E-state index >= 15 is 0 Å². The van der Waals surface area contributed by atoms with Crippen LogP contribution in [-0.2, 0) is 10.0 Å². The number of benzene rings is 1. The Labute approximate surface area is 124 Å². The van der Waals surface area contributed by atoms with Crippen LogP contribution in [0.3, 0.4) is 0 Å². The predicted octanol–water partition coefficient (Wildman–Crippen LogP) is 3.29. The van der Waals surface area contributed by atoms with Gasteiger partial charge in [0.15, 0.2) is 0 Å². The number of anilines is 1. The summed E-state index contributed by atoms with van der Waals surface area (Å²) in [5.74, 6) is 0.384. The molecule has 7 heteroatoms. The predicted molar refractivity (Wildman–Crippen MR) is 80.1 cm³/mol. The number of hydrogen-bond donors (Lipinski definition) is 2. The largest absolute Gasteiger partial charge is 0.399 e. The van der Waals surface area contributed by atoms with Crippen molar-refractivity contribution in [3.05, 3.63) is 22.2 Å². The van der Waals surface area contributed by atoms with E-state index in [1.54, 1.807) is 6.92 Å². The summed E-state index contributed by atoms with van der Waals surface area (Å²) >= 11 is 11.8. The molecule has 0 heterocycles. The highest BCUT2D eigenvalue weighted by Crippen LogP contribution is 2.31. The van der Waals surface area contributed by atoms with Gasteiger partial charge in [-0.3, -0.25) is 0 Å². The first-order chi connectivity index (χ1) is 8.63. The molecule has 0 aliphatic rings.